The minimum absolute atomic E-state index is 0.170. The van der Waals surface area contributed by atoms with E-state index in [0.717, 1.165) is 5.75 Å². The predicted octanol–water partition coefficient (Wildman–Crippen LogP) is 6.14. The number of allylic oxidation sites excluding steroid dienone is 3. The molecule has 0 spiro atoms. The second kappa shape index (κ2) is 6.16. The molecule has 1 aromatic carbocycles. The molecule has 0 aromatic heterocycles. The van der Waals surface area contributed by atoms with Gasteiger partial charge in [-0.1, -0.05) is 44.6 Å². The van der Waals surface area contributed by atoms with Gasteiger partial charge in [0.2, 0.25) is 0 Å². The summed E-state index contributed by atoms with van der Waals surface area (Å²) in [6.45, 7) is 15.4. The smallest absolute Gasteiger partial charge is 0.137 e. The standard InChI is InChI=1S/C20H28OS/c1-14(2)9-8-12-20(7)15(3)22-18-13-16(19(4,5)6)10-11-17(18)21-20/h8-13,15H,1-7H3/b12-8+/t15-,20+/m1/s1. The van der Waals surface area contributed by atoms with Crippen LogP contribution in [0, 0.1) is 0 Å². The van der Waals surface area contributed by atoms with Gasteiger partial charge in [0.1, 0.15) is 11.4 Å². The highest BCUT2D eigenvalue weighted by atomic mass is 32.2. The Hall–Kier alpha value is -1.15. The van der Waals surface area contributed by atoms with Crippen LogP contribution in [0.1, 0.15) is 54.0 Å². The molecule has 0 saturated heterocycles. The third-order valence-electron chi connectivity index (χ3n) is 4.11. The summed E-state index contributed by atoms with van der Waals surface area (Å²) in [7, 11) is 0. The van der Waals surface area contributed by atoms with E-state index in [-0.39, 0.29) is 11.0 Å². The summed E-state index contributed by atoms with van der Waals surface area (Å²) in [5, 5.41) is 0.372. The topological polar surface area (TPSA) is 9.23 Å². The summed E-state index contributed by atoms with van der Waals surface area (Å²) in [4.78, 5) is 1.26. The SMILES string of the molecule is CC(C)=C/C=C/[C@]1(C)Oc2ccc(C(C)(C)C)cc2S[C@@H]1C. The fourth-order valence-corrected chi connectivity index (χ4v) is 3.54. The molecular formula is C20H28OS. The minimum Gasteiger partial charge on any atom is -0.481 e. The van der Waals surface area contributed by atoms with Gasteiger partial charge in [-0.15, -0.1) is 11.8 Å². The average molecular weight is 317 g/mol. The second-order valence-corrected chi connectivity index (χ2v) is 8.94. The van der Waals surface area contributed by atoms with Crippen LogP contribution in [0.25, 0.3) is 0 Å². The van der Waals surface area contributed by atoms with Gasteiger partial charge in [0.05, 0.1) is 10.1 Å². The Labute approximate surface area is 139 Å². The lowest BCUT2D eigenvalue weighted by molar-refractivity contribution is 0.132. The molecule has 0 fully saturated rings. The van der Waals surface area contributed by atoms with Gasteiger partial charge in [-0.25, -0.2) is 0 Å². The summed E-state index contributed by atoms with van der Waals surface area (Å²) in [5.74, 6) is 1.00. The van der Waals surface area contributed by atoms with Crippen LogP contribution in [0.15, 0.2) is 46.9 Å². The maximum absolute atomic E-state index is 6.34. The van der Waals surface area contributed by atoms with E-state index in [1.54, 1.807) is 0 Å². The first-order valence-electron chi connectivity index (χ1n) is 7.95. The number of rotatable bonds is 2. The van der Waals surface area contributed by atoms with Gasteiger partial charge in [-0.2, -0.15) is 0 Å². The average Bonchev–Trinajstić information content (AvgIpc) is 2.38. The molecule has 1 nitrogen and oxygen atoms in total. The molecule has 1 heterocycles. The summed E-state index contributed by atoms with van der Waals surface area (Å²) >= 11 is 1.91. The monoisotopic (exact) mass is 316 g/mol. The molecule has 2 heteroatoms. The van der Waals surface area contributed by atoms with Gasteiger partial charge in [0, 0.05) is 0 Å². The summed E-state index contributed by atoms with van der Waals surface area (Å²) in [6, 6.07) is 6.60. The van der Waals surface area contributed by atoms with E-state index in [0.29, 0.717) is 5.25 Å². The van der Waals surface area contributed by atoms with Crippen molar-refractivity contribution in [3.63, 3.8) is 0 Å². The molecule has 0 radical (unpaired) electrons. The molecule has 0 unspecified atom stereocenters. The molecular weight excluding hydrogens is 288 g/mol. The Balaban J connectivity index is 2.31. The third kappa shape index (κ3) is 3.78. The number of benzene rings is 1. The van der Waals surface area contributed by atoms with E-state index in [2.05, 4.69) is 84.9 Å². The van der Waals surface area contributed by atoms with Crippen LogP contribution in [-0.2, 0) is 5.41 Å². The fraction of sp³-hybridized carbons (Fsp3) is 0.500. The highest BCUT2D eigenvalue weighted by Gasteiger charge is 2.37. The Morgan fingerprint density at radius 3 is 2.55 bits per heavy atom. The first kappa shape index (κ1) is 17.2. The van der Waals surface area contributed by atoms with Crippen LogP contribution >= 0.6 is 11.8 Å². The zero-order valence-corrected chi connectivity index (χ0v) is 15.7. The molecule has 0 saturated carbocycles. The van der Waals surface area contributed by atoms with Gasteiger partial charge in [0.15, 0.2) is 0 Å². The van der Waals surface area contributed by atoms with Crippen molar-refractivity contribution in [2.24, 2.45) is 0 Å². The molecule has 2 atom stereocenters. The van der Waals surface area contributed by atoms with E-state index in [1.165, 1.54) is 16.0 Å². The van der Waals surface area contributed by atoms with E-state index in [4.69, 9.17) is 4.74 Å². The van der Waals surface area contributed by atoms with Gasteiger partial charge in [0.25, 0.3) is 0 Å². The molecule has 22 heavy (non-hydrogen) atoms. The van der Waals surface area contributed by atoms with Crippen molar-refractivity contribution in [2.75, 3.05) is 0 Å². The van der Waals surface area contributed by atoms with Crippen molar-refractivity contribution in [1.29, 1.82) is 0 Å². The molecule has 0 aliphatic carbocycles. The maximum Gasteiger partial charge on any atom is 0.137 e. The lowest BCUT2D eigenvalue weighted by Gasteiger charge is -2.39. The van der Waals surface area contributed by atoms with Crippen molar-refractivity contribution in [3.05, 3.63) is 47.6 Å². The lowest BCUT2D eigenvalue weighted by atomic mass is 9.87. The molecule has 0 bridgehead atoms. The molecule has 1 aliphatic heterocycles. The Bertz CT molecular complexity index is 603. The van der Waals surface area contributed by atoms with Crippen molar-refractivity contribution in [2.45, 2.75) is 69.6 Å². The molecule has 2 rings (SSSR count). The Morgan fingerprint density at radius 1 is 1.27 bits per heavy atom. The van der Waals surface area contributed by atoms with Crippen molar-refractivity contribution >= 4 is 11.8 Å². The number of hydrogen-bond acceptors (Lipinski definition) is 2. The first-order valence-corrected chi connectivity index (χ1v) is 8.83. The number of ether oxygens (including phenoxy) is 1. The van der Waals surface area contributed by atoms with E-state index < -0.39 is 0 Å². The highest BCUT2D eigenvalue weighted by Crippen LogP contribution is 2.46. The van der Waals surface area contributed by atoms with E-state index in [9.17, 15) is 0 Å². The van der Waals surface area contributed by atoms with Crippen molar-refractivity contribution in [3.8, 4) is 5.75 Å². The van der Waals surface area contributed by atoms with Crippen LogP contribution < -0.4 is 4.74 Å². The van der Waals surface area contributed by atoms with Crippen LogP contribution in [0.2, 0.25) is 0 Å². The van der Waals surface area contributed by atoms with Crippen LogP contribution in [0.4, 0.5) is 0 Å². The molecule has 120 valence electrons. The summed E-state index contributed by atoms with van der Waals surface area (Å²) in [6.07, 6.45) is 6.42. The van der Waals surface area contributed by atoms with Gasteiger partial charge < -0.3 is 4.74 Å². The molecule has 1 aromatic rings. The Kier molecular flexibility index (Phi) is 4.81. The minimum atomic E-state index is -0.271. The molecule has 0 amide bonds. The van der Waals surface area contributed by atoms with E-state index >= 15 is 0 Å². The van der Waals surface area contributed by atoms with E-state index in [1.807, 2.05) is 11.8 Å². The first-order chi connectivity index (χ1) is 10.1. The number of hydrogen-bond donors (Lipinski definition) is 0. The van der Waals surface area contributed by atoms with Crippen LogP contribution in [0.3, 0.4) is 0 Å². The van der Waals surface area contributed by atoms with Gasteiger partial charge >= 0.3 is 0 Å². The van der Waals surface area contributed by atoms with Crippen LogP contribution in [0.5, 0.6) is 5.75 Å². The van der Waals surface area contributed by atoms with Gasteiger partial charge in [-0.3, -0.25) is 0 Å². The highest BCUT2D eigenvalue weighted by molar-refractivity contribution is 8.00. The Morgan fingerprint density at radius 2 is 1.95 bits per heavy atom. The molecule has 1 aliphatic rings. The fourth-order valence-electron chi connectivity index (χ4n) is 2.38. The maximum atomic E-state index is 6.34. The third-order valence-corrected chi connectivity index (χ3v) is 5.50. The second-order valence-electron chi connectivity index (χ2n) is 7.56. The molecule has 0 N–H and O–H groups in total. The largest absolute Gasteiger partial charge is 0.481 e. The van der Waals surface area contributed by atoms with Crippen molar-refractivity contribution in [1.82, 2.24) is 0 Å². The zero-order chi connectivity index (χ0) is 16.5. The number of fused-ring (bicyclic) bond motifs is 1. The summed E-state index contributed by atoms with van der Waals surface area (Å²) in [5.41, 5.74) is 2.56. The summed E-state index contributed by atoms with van der Waals surface area (Å²) < 4.78 is 6.34. The van der Waals surface area contributed by atoms with Crippen molar-refractivity contribution < 1.29 is 4.74 Å². The number of thioether (sulfide) groups is 1. The lowest BCUT2D eigenvalue weighted by Crippen LogP contribution is -2.42. The normalized spacial score (nSPS) is 24.8. The predicted molar refractivity (Wildman–Crippen MR) is 98.1 cm³/mol. The van der Waals surface area contributed by atoms with Crippen LogP contribution in [-0.4, -0.2) is 10.9 Å². The van der Waals surface area contributed by atoms with Gasteiger partial charge in [-0.05, 0) is 56.9 Å². The quantitative estimate of drug-likeness (QED) is 0.606. The zero-order valence-electron chi connectivity index (χ0n) is 14.9.